The summed E-state index contributed by atoms with van der Waals surface area (Å²) in [6.07, 6.45) is 9.18. The maximum Gasteiger partial charge on any atom is 0.170 e. The third kappa shape index (κ3) is 8.27. The summed E-state index contributed by atoms with van der Waals surface area (Å²) in [5.41, 5.74) is 2.01. The Bertz CT molecular complexity index is 435. The van der Waals surface area contributed by atoms with Crippen molar-refractivity contribution in [1.29, 1.82) is 0 Å². The Morgan fingerprint density at radius 3 is 2.43 bits per heavy atom. The van der Waals surface area contributed by atoms with Crippen molar-refractivity contribution in [1.82, 2.24) is 5.32 Å². The van der Waals surface area contributed by atoms with Crippen LogP contribution in [0.25, 0.3) is 0 Å². The number of unbranched alkanes of at least 4 members (excludes halogenated alkanes) is 6. The van der Waals surface area contributed by atoms with Gasteiger partial charge in [-0.05, 0) is 43.3 Å². The average Bonchev–Trinajstić information content (AvgIpc) is 2.46. The number of halogens is 1. The third-order valence-electron chi connectivity index (χ3n) is 3.50. The number of hydrogen-bond acceptors (Lipinski definition) is 1. The molecule has 0 aliphatic carbocycles. The smallest absolute Gasteiger partial charge is 0.170 e. The van der Waals surface area contributed by atoms with E-state index in [2.05, 4.69) is 17.6 Å². The molecule has 0 saturated carbocycles. The van der Waals surface area contributed by atoms with Crippen molar-refractivity contribution in [3.05, 3.63) is 28.8 Å². The van der Waals surface area contributed by atoms with E-state index in [0.29, 0.717) is 5.11 Å². The summed E-state index contributed by atoms with van der Waals surface area (Å²) in [6, 6.07) is 5.88. The van der Waals surface area contributed by atoms with Crippen LogP contribution in [-0.4, -0.2) is 11.7 Å². The molecule has 0 aromatic heterocycles. The van der Waals surface area contributed by atoms with Crippen molar-refractivity contribution in [2.75, 3.05) is 11.9 Å². The van der Waals surface area contributed by atoms with Crippen molar-refractivity contribution in [3.8, 4) is 0 Å². The number of nitrogens with one attached hydrogen (secondary N) is 2. The first-order valence-electron chi connectivity index (χ1n) is 7.94. The number of thiocarbonyl (C=S) groups is 1. The van der Waals surface area contributed by atoms with Gasteiger partial charge in [-0.15, -0.1) is 0 Å². The molecule has 4 heteroatoms. The molecule has 0 fully saturated rings. The fourth-order valence-corrected chi connectivity index (χ4v) is 2.53. The summed E-state index contributed by atoms with van der Waals surface area (Å²) in [5.74, 6) is 0. The van der Waals surface area contributed by atoms with Crippen LogP contribution in [-0.2, 0) is 0 Å². The molecular formula is C17H27ClN2S. The summed E-state index contributed by atoms with van der Waals surface area (Å²) >= 11 is 11.4. The first kappa shape index (κ1) is 18.2. The van der Waals surface area contributed by atoms with Crippen LogP contribution in [0.15, 0.2) is 18.2 Å². The fourth-order valence-electron chi connectivity index (χ4n) is 2.13. The van der Waals surface area contributed by atoms with Gasteiger partial charge in [-0.1, -0.05) is 63.1 Å². The summed E-state index contributed by atoms with van der Waals surface area (Å²) in [6.45, 7) is 5.17. The maximum atomic E-state index is 6.09. The summed E-state index contributed by atoms with van der Waals surface area (Å²) in [5, 5.41) is 7.84. The zero-order valence-electron chi connectivity index (χ0n) is 13.2. The Kier molecular flexibility index (Phi) is 9.44. The average molecular weight is 327 g/mol. The van der Waals surface area contributed by atoms with E-state index in [9.17, 15) is 0 Å². The van der Waals surface area contributed by atoms with Crippen LogP contribution in [0.4, 0.5) is 5.69 Å². The number of hydrogen-bond donors (Lipinski definition) is 2. The lowest BCUT2D eigenvalue weighted by Crippen LogP contribution is -2.29. The highest BCUT2D eigenvalue weighted by Crippen LogP contribution is 2.19. The van der Waals surface area contributed by atoms with Crippen molar-refractivity contribution < 1.29 is 0 Å². The Labute approximate surface area is 139 Å². The van der Waals surface area contributed by atoms with Crippen molar-refractivity contribution in [3.63, 3.8) is 0 Å². The van der Waals surface area contributed by atoms with Crippen LogP contribution < -0.4 is 10.6 Å². The lowest BCUT2D eigenvalue weighted by atomic mass is 10.1. The normalized spacial score (nSPS) is 10.4. The minimum atomic E-state index is 0.668. The van der Waals surface area contributed by atoms with Crippen LogP contribution in [0.2, 0.25) is 5.02 Å². The van der Waals surface area contributed by atoms with Crippen LogP contribution in [0.1, 0.15) is 57.4 Å². The van der Waals surface area contributed by atoms with Gasteiger partial charge in [0, 0.05) is 17.3 Å². The lowest BCUT2D eigenvalue weighted by molar-refractivity contribution is 0.586. The second kappa shape index (κ2) is 10.9. The van der Waals surface area contributed by atoms with E-state index in [-0.39, 0.29) is 0 Å². The van der Waals surface area contributed by atoms with Gasteiger partial charge in [-0.25, -0.2) is 0 Å². The zero-order chi connectivity index (χ0) is 15.5. The molecule has 0 heterocycles. The number of anilines is 1. The Morgan fingerprint density at radius 1 is 1.10 bits per heavy atom. The molecule has 21 heavy (non-hydrogen) atoms. The van der Waals surface area contributed by atoms with E-state index in [4.69, 9.17) is 23.8 Å². The van der Waals surface area contributed by atoms with E-state index < -0.39 is 0 Å². The first-order chi connectivity index (χ1) is 10.1. The zero-order valence-corrected chi connectivity index (χ0v) is 14.7. The molecule has 1 rings (SSSR count). The Balaban J connectivity index is 2.10. The van der Waals surface area contributed by atoms with Gasteiger partial charge in [0.15, 0.2) is 5.11 Å². The van der Waals surface area contributed by atoms with Crippen molar-refractivity contribution in [2.24, 2.45) is 0 Å². The molecule has 0 amide bonds. The van der Waals surface area contributed by atoms with E-state index in [1.165, 1.54) is 44.9 Å². The second-order valence-electron chi connectivity index (χ2n) is 5.47. The van der Waals surface area contributed by atoms with Crippen LogP contribution >= 0.6 is 23.8 Å². The van der Waals surface area contributed by atoms with Gasteiger partial charge in [0.25, 0.3) is 0 Å². The minimum absolute atomic E-state index is 0.668. The highest BCUT2D eigenvalue weighted by atomic mass is 35.5. The van der Waals surface area contributed by atoms with Crippen molar-refractivity contribution in [2.45, 2.75) is 58.8 Å². The second-order valence-corrected chi connectivity index (χ2v) is 6.28. The molecule has 0 bridgehead atoms. The van der Waals surface area contributed by atoms with Gasteiger partial charge in [0.1, 0.15) is 0 Å². The summed E-state index contributed by atoms with van der Waals surface area (Å²) in [7, 11) is 0. The van der Waals surface area contributed by atoms with Crippen LogP contribution in [0, 0.1) is 6.92 Å². The SMILES string of the molecule is CCCCCCCCCNC(=S)Nc1ccc(C)c(Cl)c1. The van der Waals surface area contributed by atoms with E-state index in [1.54, 1.807) is 0 Å². The largest absolute Gasteiger partial charge is 0.362 e. The van der Waals surface area contributed by atoms with Gasteiger partial charge in [0.05, 0.1) is 0 Å². The molecule has 0 saturated heterocycles. The fraction of sp³-hybridized carbons (Fsp3) is 0.588. The molecule has 0 radical (unpaired) electrons. The molecule has 0 aliphatic heterocycles. The highest BCUT2D eigenvalue weighted by Gasteiger charge is 2.00. The van der Waals surface area contributed by atoms with Crippen LogP contribution in [0.3, 0.4) is 0 Å². The maximum absolute atomic E-state index is 6.09. The summed E-state index contributed by atoms with van der Waals surface area (Å²) in [4.78, 5) is 0. The van der Waals surface area contributed by atoms with Crippen molar-refractivity contribution >= 4 is 34.6 Å². The molecule has 0 spiro atoms. The first-order valence-corrected chi connectivity index (χ1v) is 8.73. The Morgan fingerprint density at radius 2 is 1.76 bits per heavy atom. The summed E-state index contributed by atoms with van der Waals surface area (Å²) < 4.78 is 0. The molecule has 2 nitrogen and oxygen atoms in total. The number of benzene rings is 1. The van der Waals surface area contributed by atoms with Gasteiger partial charge in [0.2, 0.25) is 0 Å². The predicted octanol–water partition coefficient (Wildman–Crippen LogP) is 5.69. The number of aryl methyl sites for hydroxylation is 1. The monoisotopic (exact) mass is 326 g/mol. The van der Waals surface area contributed by atoms with Gasteiger partial charge < -0.3 is 10.6 Å². The minimum Gasteiger partial charge on any atom is -0.362 e. The predicted molar refractivity (Wildman–Crippen MR) is 98.4 cm³/mol. The van der Waals surface area contributed by atoms with Gasteiger partial charge in [-0.3, -0.25) is 0 Å². The van der Waals surface area contributed by atoms with E-state index in [0.717, 1.165) is 22.8 Å². The molecule has 1 aromatic carbocycles. The van der Waals surface area contributed by atoms with Gasteiger partial charge >= 0.3 is 0 Å². The topological polar surface area (TPSA) is 24.1 Å². The highest BCUT2D eigenvalue weighted by molar-refractivity contribution is 7.80. The standard InChI is InChI=1S/C17H27ClN2S/c1-3-4-5-6-7-8-9-12-19-17(21)20-15-11-10-14(2)16(18)13-15/h10-11,13H,3-9,12H2,1-2H3,(H2,19,20,21). The molecular weight excluding hydrogens is 300 g/mol. The number of rotatable bonds is 9. The molecule has 1 aromatic rings. The van der Waals surface area contributed by atoms with E-state index >= 15 is 0 Å². The molecule has 118 valence electrons. The molecule has 2 N–H and O–H groups in total. The molecule has 0 aliphatic rings. The van der Waals surface area contributed by atoms with E-state index in [1.807, 2.05) is 25.1 Å². The Hall–Kier alpha value is -0.800. The quantitative estimate of drug-likeness (QED) is 0.450. The van der Waals surface area contributed by atoms with Crippen LogP contribution in [0.5, 0.6) is 0 Å². The molecule has 0 unspecified atom stereocenters. The third-order valence-corrected chi connectivity index (χ3v) is 4.15. The van der Waals surface area contributed by atoms with Gasteiger partial charge in [-0.2, -0.15) is 0 Å². The lowest BCUT2D eigenvalue weighted by Gasteiger charge is -2.11. The molecule has 0 atom stereocenters.